The van der Waals surface area contributed by atoms with Crippen LogP contribution in [0, 0.1) is 0 Å². The molecule has 2 atom stereocenters. The summed E-state index contributed by atoms with van der Waals surface area (Å²) >= 11 is 0. The second kappa shape index (κ2) is 6.48. The summed E-state index contributed by atoms with van der Waals surface area (Å²) < 4.78 is 0. The smallest absolute Gasteiger partial charge is 0.0133 e. The van der Waals surface area contributed by atoms with E-state index >= 15 is 0 Å². The van der Waals surface area contributed by atoms with Crippen molar-refractivity contribution in [1.82, 2.24) is 4.90 Å². The van der Waals surface area contributed by atoms with Crippen LogP contribution in [0.15, 0.2) is 54.1 Å². The van der Waals surface area contributed by atoms with E-state index in [4.69, 9.17) is 0 Å². The molecule has 128 valence electrons. The van der Waals surface area contributed by atoms with Gasteiger partial charge in [-0.1, -0.05) is 66.3 Å². The third kappa shape index (κ3) is 2.67. The van der Waals surface area contributed by atoms with Gasteiger partial charge in [0, 0.05) is 12.1 Å². The Bertz CT molecular complexity index is 796. The Morgan fingerprint density at radius 3 is 1.76 bits per heavy atom. The highest BCUT2D eigenvalue weighted by atomic mass is 35.5. The highest BCUT2D eigenvalue weighted by Gasteiger charge is 2.37. The van der Waals surface area contributed by atoms with Crippen molar-refractivity contribution in [1.29, 1.82) is 0 Å². The maximum absolute atomic E-state index is 2.62. The molecule has 0 amide bonds. The first-order chi connectivity index (χ1) is 11.8. The summed E-state index contributed by atoms with van der Waals surface area (Å²) in [7, 11) is 2.32. The maximum Gasteiger partial charge on any atom is 0.0133 e. The fraction of sp³-hybridized carbons (Fsp3) is 0.304. The molecule has 0 N–H and O–H groups in total. The molecule has 2 heterocycles. The van der Waals surface area contributed by atoms with Gasteiger partial charge in [-0.05, 0) is 60.6 Å². The molecule has 2 fully saturated rings. The largest absolute Gasteiger partial charge is 0.300 e. The number of rotatable bonds is 0. The number of halogens is 1. The zero-order valence-corrected chi connectivity index (χ0v) is 15.4. The van der Waals surface area contributed by atoms with Crippen LogP contribution in [0.5, 0.6) is 0 Å². The van der Waals surface area contributed by atoms with E-state index in [1.807, 2.05) is 0 Å². The maximum atomic E-state index is 2.62. The van der Waals surface area contributed by atoms with Gasteiger partial charge in [-0.15, -0.1) is 12.4 Å². The lowest BCUT2D eigenvalue weighted by Gasteiger charge is -2.34. The summed E-state index contributed by atoms with van der Waals surface area (Å²) in [4.78, 5) is 2.62. The molecule has 3 aliphatic rings. The second-order valence-corrected chi connectivity index (χ2v) is 7.45. The average Bonchev–Trinajstić information content (AvgIpc) is 2.81. The standard InChI is InChI=1S/C23H23N.ClH/c1-24-19-12-13-20(24)15-18(14-19)23-21-8-4-2-6-16(21)10-11-17-7-3-5-9-22(17)23;/h2-11,19-20H,12-15H2,1H3;1H. The van der Waals surface area contributed by atoms with Crippen molar-refractivity contribution in [2.24, 2.45) is 0 Å². The Balaban J connectivity index is 0.00000157. The normalized spacial score (nSPS) is 24.4. The van der Waals surface area contributed by atoms with E-state index in [1.165, 1.54) is 53.5 Å². The van der Waals surface area contributed by atoms with Crippen molar-refractivity contribution in [2.45, 2.75) is 37.8 Å². The minimum Gasteiger partial charge on any atom is -0.300 e. The van der Waals surface area contributed by atoms with Crippen LogP contribution >= 0.6 is 12.4 Å². The molecule has 2 unspecified atom stereocenters. The topological polar surface area (TPSA) is 3.24 Å². The number of fused-ring (bicyclic) bond motifs is 4. The van der Waals surface area contributed by atoms with Crippen LogP contribution in [0.2, 0.25) is 0 Å². The molecule has 1 aliphatic carbocycles. The molecular weight excluding hydrogens is 326 g/mol. The van der Waals surface area contributed by atoms with Gasteiger partial charge in [-0.25, -0.2) is 0 Å². The SMILES string of the molecule is CN1C2CCC1CC(=C1c3ccccc3C=Cc3ccccc31)C2.Cl. The van der Waals surface area contributed by atoms with Crippen LogP contribution in [0.1, 0.15) is 47.9 Å². The average molecular weight is 350 g/mol. The molecule has 1 nitrogen and oxygen atoms in total. The van der Waals surface area contributed by atoms with Gasteiger partial charge in [0.15, 0.2) is 0 Å². The number of hydrogen-bond acceptors (Lipinski definition) is 1. The monoisotopic (exact) mass is 349 g/mol. The fourth-order valence-electron chi connectivity index (χ4n) is 4.88. The molecule has 0 spiro atoms. The van der Waals surface area contributed by atoms with Crippen molar-refractivity contribution in [3.63, 3.8) is 0 Å². The van der Waals surface area contributed by atoms with Crippen molar-refractivity contribution in [3.8, 4) is 0 Å². The van der Waals surface area contributed by atoms with Gasteiger partial charge in [0.1, 0.15) is 0 Å². The number of hydrogen-bond donors (Lipinski definition) is 0. The van der Waals surface area contributed by atoms with E-state index in [-0.39, 0.29) is 12.4 Å². The van der Waals surface area contributed by atoms with Crippen molar-refractivity contribution < 1.29 is 0 Å². The molecular formula is C23H24ClN. The number of piperidine rings is 1. The highest BCUT2D eigenvalue weighted by molar-refractivity contribution is 5.95. The Labute approximate surface area is 156 Å². The van der Waals surface area contributed by atoms with E-state index in [0.29, 0.717) is 0 Å². The molecule has 2 heteroatoms. The van der Waals surface area contributed by atoms with Crippen molar-refractivity contribution in [2.75, 3.05) is 7.05 Å². The van der Waals surface area contributed by atoms with Gasteiger partial charge in [-0.3, -0.25) is 4.90 Å². The lowest BCUT2D eigenvalue weighted by molar-refractivity contribution is 0.210. The van der Waals surface area contributed by atoms with E-state index < -0.39 is 0 Å². The van der Waals surface area contributed by atoms with Gasteiger partial charge >= 0.3 is 0 Å². The zero-order valence-electron chi connectivity index (χ0n) is 14.6. The summed E-state index contributed by atoms with van der Waals surface area (Å²) in [6, 6.07) is 19.3. The van der Waals surface area contributed by atoms with E-state index in [9.17, 15) is 0 Å². The predicted octanol–water partition coefficient (Wildman–Crippen LogP) is 5.65. The number of benzene rings is 2. The van der Waals surface area contributed by atoms with Crippen LogP contribution in [-0.4, -0.2) is 24.0 Å². The highest BCUT2D eigenvalue weighted by Crippen LogP contribution is 2.44. The first-order valence-corrected chi connectivity index (χ1v) is 9.12. The Morgan fingerprint density at radius 1 is 0.760 bits per heavy atom. The molecule has 2 saturated heterocycles. The summed E-state index contributed by atoms with van der Waals surface area (Å²) in [5, 5.41) is 0. The molecule has 0 aromatic heterocycles. The van der Waals surface area contributed by atoms with Crippen LogP contribution in [-0.2, 0) is 0 Å². The lowest BCUT2D eigenvalue weighted by atomic mass is 9.84. The fourth-order valence-corrected chi connectivity index (χ4v) is 4.88. The number of nitrogens with zero attached hydrogens (tertiary/aromatic N) is 1. The lowest BCUT2D eigenvalue weighted by Crippen LogP contribution is -2.37. The Morgan fingerprint density at radius 2 is 1.24 bits per heavy atom. The Kier molecular flexibility index (Phi) is 4.31. The quantitative estimate of drug-likeness (QED) is 0.507. The molecule has 5 rings (SSSR count). The molecule has 0 radical (unpaired) electrons. The minimum absolute atomic E-state index is 0. The van der Waals surface area contributed by atoms with E-state index in [1.54, 1.807) is 5.57 Å². The van der Waals surface area contributed by atoms with E-state index in [2.05, 4.69) is 72.6 Å². The molecule has 2 aromatic carbocycles. The molecule has 25 heavy (non-hydrogen) atoms. The van der Waals surface area contributed by atoms with Gasteiger partial charge in [-0.2, -0.15) is 0 Å². The first-order valence-electron chi connectivity index (χ1n) is 9.12. The van der Waals surface area contributed by atoms with E-state index in [0.717, 1.165) is 12.1 Å². The van der Waals surface area contributed by atoms with Crippen LogP contribution in [0.3, 0.4) is 0 Å². The summed E-state index contributed by atoms with van der Waals surface area (Å²) in [6.07, 6.45) is 9.74. The Hall–Kier alpha value is -1.83. The van der Waals surface area contributed by atoms with Gasteiger partial charge in [0.25, 0.3) is 0 Å². The van der Waals surface area contributed by atoms with Crippen LogP contribution < -0.4 is 0 Å². The van der Waals surface area contributed by atoms with Gasteiger partial charge in [0.2, 0.25) is 0 Å². The van der Waals surface area contributed by atoms with Crippen LogP contribution in [0.25, 0.3) is 17.7 Å². The third-order valence-electron chi connectivity index (χ3n) is 6.21. The van der Waals surface area contributed by atoms with Gasteiger partial charge < -0.3 is 0 Å². The molecule has 0 saturated carbocycles. The molecule has 2 bridgehead atoms. The summed E-state index contributed by atoms with van der Waals surface area (Å²) in [5.41, 5.74) is 8.71. The summed E-state index contributed by atoms with van der Waals surface area (Å²) in [5.74, 6) is 0. The van der Waals surface area contributed by atoms with Crippen molar-refractivity contribution >= 4 is 30.1 Å². The third-order valence-corrected chi connectivity index (χ3v) is 6.21. The second-order valence-electron chi connectivity index (χ2n) is 7.45. The first kappa shape index (κ1) is 16.6. The minimum atomic E-state index is 0. The predicted molar refractivity (Wildman–Crippen MR) is 109 cm³/mol. The molecule has 2 aliphatic heterocycles. The summed E-state index contributed by atoms with van der Waals surface area (Å²) in [6.45, 7) is 0. The van der Waals surface area contributed by atoms with Crippen molar-refractivity contribution in [3.05, 3.63) is 76.4 Å². The molecule has 2 aromatic rings. The van der Waals surface area contributed by atoms with Crippen LogP contribution in [0.4, 0.5) is 0 Å². The van der Waals surface area contributed by atoms with Gasteiger partial charge in [0.05, 0.1) is 0 Å². The zero-order chi connectivity index (χ0) is 16.1.